The highest BCUT2D eigenvalue weighted by molar-refractivity contribution is 7.09. The second kappa shape index (κ2) is 5.83. The van der Waals surface area contributed by atoms with E-state index in [1.54, 1.807) is 11.3 Å². The lowest BCUT2D eigenvalue weighted by molar-refractivity contribution is -0.138. The SMILES string of the molecule is Cc1cccc(C(CCc2cccs2)C(=O)O)c1. The maximum Gasteiger partial charge on any atom is 0.310 e. The molecule has 0 aliphatic heterocycles. The molecule has 1 unspecified atom stereocenters. The van der Waals surface area contributed by atoms with Gasteiger partial charge in [0.15, 0.2) is 0 Å². The molecule has 2 aromatic rings. The first-order chi connectivity index (χ1) is 8.66. The fraction of sp³-hybridized carbons (Fsp3) is 0.267. The molecule has 0 aliphatic carbocycles. The van der Waals surface area contributed by atoms with Gasteiger partial charge in [0, 0.05) is 4.88 Å². The van der Waals surface area contributed by atoms with Gasteiger partial charge in [-0.15, -0.1) is 11.3 Å². The molecule has 3 heteroatoms. The average molecular weight is 260 g/mol. The normalized spacial score (nSPS) is 12.3. The van der Waals surface area contributed by atoms with E-state index in [1.807, 2.05) is 42.6 Å². The van der Waals surface area contributed by atoms with Crippen LogP contribution in [-0.4, -0.2) is 11.1 Å². The highest BCUT2D eigenvalue weighted by atomic mass is 32.1. The monoisotopic (exact) mass is 260 g/mol. The molecule has 2 rings (SSSR count). The van der Waals surface area contributed by atoms with Gasteiger partial charge in [0.1, 0.15) is 0 Å². The molecule has 0 saturated carbocycles. The van der Waals surface area contributed by atoms with Crippen LogP contribution in [0.15, 0.2) is 41.8 Å². The third kappa shape index (κ3) is 3.20. The Kier molecular flexibility index (Phi) is 4.15. The number of hydrogen-bond acceptors (Lipinski definition) is 2. The van der Waals surface area contributed by atoms with Crippen LogP contribution >= 0.6 is 11.3 Å². The van der Waals surface area contributed by atoms with E-state index >= 15 is 0 Å². The van der Waals surface area contributed by atoms with Gasteiger partial charge in [-0.1, -0.05) is 35.9 Å². The smallest absolute Gasteiger partial charge is 0.310 e. The fourth-order valence-corrected chi connectivity index (χ4v) is 2.79. The third-order valence-electron chi connectivity index (χ3n) is 3.00. The Balaban J connectivity index is 2.11. The van der Waals surface area contributed by atoms with Gasteiger partial charge in [-0.2, -0.15) is 0 Å². The van der Waals surface area contributed by atoms with E-state index < -0.39 is 11.9 Å². The van der Waals surface area contributed by atoms with E-state index in [0.717, 1.165) is 17.5 Å². The predicted molar refractivity (Wildman–Crippen MR) is 74.2 cm³/mol. The van der Waals surface area contributed by atoms with E-state index in [9.17, 15) is 9.90 Å². The first-order valence-electron chi connectivity index (χ1n) is 5.98. The van der Waals surface area contributed by atoms with E-state index in [0.29, 0.717) is 6.42 Å². The minimum Gasteiger partial charge on any atom is -0.481 e. The number of aryl methyl sites for hydroxylation is 2. The number of carbonyl (C=O) groups is 1. The molecule has 0 fully saturated rings. The molecular formula is C15H16O2S. The summed E-state index contributed by atoms with van der Waals surface area (Å²) in [6.07, 6.45) is 1.47. The van der Waals surface area contributed by atoms with Crippen LogP contribution in [0.1, 0.15) is 28.3 Å². The lowest BCUT2D eigenvalue weighted by atomic mass is 9.93. The van der Waals surface area contributed by atoms with Crippen LogP contribution in [0.4, 0.5) is 0 Å². The van der Waals surface area contributed by atoms with E-state index in [2.05, 4.69) is 6.07 Å². The van der Waals surface area contributed by atoms with Crippen molar-refractivity contribution in [2.75, 3.05) is 0 Å². The number of rotatable bonds is 5. The molecule has 0 radical (unpaired) electrons. The van der Waals surface area contributed by atoms with Crippen LogP contribution in [0.3, 0.4) is 0 Å². The van der Waals surface area contributed by atoms with Crippen LogP contribution in [0.25, 0.3) is 0 Å². The topological polar surface area (TPSA) is 37.3 Å². The Labute approximate surface area is 111 Å². The predicted octanol–water partition coefficient (Wildman–Crippen LogP) is 3.86. The van der Waals surface area contributed by atoms with Crippen LogP contribution < -0.4 is 0 Å². The molecular weight excluding hydrogens is 244 g/mol. The van der Waals surface area contributed by atoms with Gasteiger partial charge >= 0.3 is 5.97 Å². The molecule has 1 N–H and O–H groups in total. The molecule has 1 heterocycles. The van der Waals surface area contributed by atoms with Crippen molar-refractivity contribution in [3.8, 4) is 0 Å². The van der Waals surface area contributed by atoms with Crippen molar-refractivity contribution < 1.29 is 9.90 Å². The Bertz CT molecular complexity index is 517. The van der Waals surface area contributed by atoms with Gasteiger partial charge in [-0.25, -0.2) is 0 Å². The molecule has 18 heavy (non-hydrogen) atoms. The van der Waals surface area contributed by atoms with Crippen LogP contribution in [-0.2, 0) is 11.2 Å². The lowest BCUT2D eigenvalue weighted by Gasteiger charge is -2.12. The minimum atomic E-state index is -0.739. The van der Waals surface area contributed by atoms with Gasteiger partial charge in [-0.3, -0.25) is 4.79 Å². The molecule has 94 valence electrons. The maximum absolute atomic E-state index is 11.4. The van der Waals surface area contributed by atoms with Crippen molar-refractivity contribution in [2.24, 2.45) is 0 Å². The summed E-state index contributed by atoms with van der Waals surface area (Å²) in [4.78, 5) is 12.6. The molecule has 1 atom stereocenters. The number of benzene rings is 1. The first-order valence-corrected chi connectivity index (χ1v) is 6.86. The van der Waals surface area contributed by atoms with Gasteiger partial charge in [-0.05, 0) is 36.8 Å². The first kappa shape index (κ1) is 12.8. The van der Waals surface area contributed by atoms with Crippen molar-refractivity contribution in [2.45, 2.75) is 25.7 Å². The van der Waals surface area contributed by atoms with Crippen molar-refractivity contribution in [1.82, 2.24) is 0 Å². The number of carboxylic acid groups (broad SMARTS) is 1. The molecule has 0 bridgehead atoms. The van der Waals surface area contributed by atoms with Crippen molar-refractivity contribution in [3.05, 3.63) is 57.8 Å². The zero-order valence-corrected chi connectivity index (χ0v) is 11.1. The van der Waals surface area contributed by atoms with Gasteiger partial charge in [0.2, 0.25) is 0 Å². The molecule has 0 aliphatic rings. The van der Waals surface area contributed by atoms with Crippen LogP contribution in [0.5, 0.6) is 0 Å². The number of hydrogen-bond donors (Lipinski definition) is 1. The zero-order valence-electron chi connectivity index (χ0n) is 10.3. The summed E-state index contributed by atoms with van der Waals surface area (Å²) in [6, 6.07) is 11.8. The van der Waals surface area contributed by atoms with Crippen molar-refractivity contribution in [3.63, 3.8) is 0 Å². The molecule has 0 amide bonds. The summed E-state index contributed by atoms with van der Waals surface area (Å²) in [7, 11) is 0. The quantitative estimate of drug-likeness (QED) is 0.886. The standard InChI is InChI=1S/C15H16O2S/c1-11-4-2-5-12(10-11)14(15(16)17)8-7-13-6-3-9-18-13/h2-6,9-10,14H,7-8H2,1H3,(H,16,17). The molecule has 0 spiro atoms. The Morgan fingerprint density at radius 1 is 1.33 bits per heavy atom. The Morgan fingerprint density at radius 2 is 2.17 bits per heavy atom. The summed E-state index contributed by atoms with van der Waals surface area (Å²) in [5.74, 6) is -1.15. The van der Waals surface area contributed by atoms with Gasteiger partial charge in [0.05, 0.1) is 5.92 Å². The summed E-state index contributed by atoms with van der Waals surface area (Å²) in [5, 5.41) is 11.4. The zero-order chi connectivity index (χ0) is 13.0. The second-order valence-electron chi connectivity index (χ2n) is 4.42. The molecule has 1 aromatic carbocycles. The summed E-state index contributed by atoms with van der Waals surface area (Å²) in [6.45, 7) is 1.99. The van der Waals surface area contributed by atoms with Crippen molar-refractivity contribution in [1.29, 1.82) is 0 Å². The highest BCUT2D eigenvalue weighted by Crippen LogP contribution is 2.24. The number of carboxylic acids is 1. The van der Waals surface area contributed by atoms with Gasteiger partial charge in [0.25, 0.3) is 0 Å². The molecule has 0 saturated heterocycles. The van der Waals surface area contributed by atoms with E-state index in [4.69, 9.17) is 0 Å². The molecule has 1 aromatic heterocycles. The molecule has 2 nitrogen and oxygen atoms in total. The van der Waals surface area contributed by atoms with Crippen molar-refractivity contribution >= 4 is 17.3 Å². The van der Waals surface area contributed by atoms with Gasteiger partial charge < -0.3 is 5.11 Å². The van der Waals surface area contributed by atoms with E-state index in [1.165, 1.54) is 4.88 Å². The lowest BCUT2D eigenvalue weighted by Crippen LogP contribution is -2.12. The number of thiophene rings is 1. The largest absolute Gasteiger partial charge is 0.481 e. The Hall–Kier alpha value is -1.61. The van der Waals surface area contributed by atoms with Crippen LogP contribution in [0, 0.1) is 6.92 Å². The number of aliphatic carboxylic acids is 1. The fourth-order valence-electron chi connectivity index (χ4n) is 2.06. The minimum absolute atomic E-state index is 0.410. The summed E-state index contributed by atoms with van der Waals surface area (Å²) >= 11 is 1.68. The Morgan fingerprint density at radius 3 is 2.78 bits per heavy atom. The average Bonchev–Trinajstić information content (AvgIpc) is 2.82. The van der Waals surface area contributed by atoms with Crippen LogP contribution in [0.2, 0.25) is 0 Å². The maximum atomic E-state index is 11.4. The third-order valence-corrected chi connectivity index (χ3v) is 3.94. The second-order valence-corrected chi connectivity index (χ2v) is 5.46. The van der Waals surface area contributed by atoms with E-state index in [-0.39, 0.29) is 0 Å². The summed E-state index contributed by atoms with van der Waals surface area (Å²) in [5.41, 5.74) is 2.01. The highest BCUT2D eigenvalue weighted by Gasteiger charge is 2.19. The summed E-state index contributed by atoms with van der Waals surface area (Å²) < 4.78 is 0.